The average molecular weight is 242 g/mol. The molecule has 0 aliphatic carbocycles. The van der Waals surface area contributed by atoms with Crippen LogP contribution in [0.1, 0.15) is 27.2 Å². The molecule has 0 aromatic carbocycles. The van der Waals surface area contributed by atoms with Crippen molar-refractivity contribution >= 4 is 11.9 Å². The fourth-order valence-corrected chi connectivity index (χ4v) is 2.18. The van der Waals surface area contributed by atoms with Crippen molar-refractivity contribution in [1.82, 2.24) is 9.80 Å². The van der Waals surface area contributed by atoms with Crippen LogP contribution in [0.5, 0.6) is 0 Å². The maximum absolute atomic E-state index is 11.3. The van der Waals surface area contributed by atoms with Crippen molar-refractivity contribution in [3.8, 4) is 0 Å². The smallest absolute Gasteiger partial charge is 0.307 e. The van der Waals surface area contributed by atoms with Crippen molar-refractivity contribution in [2.45, 2.75) is 33.2 Å². The molecule has 2 atom stereocenters. The lowest BCUT2D eigenvalue weighted by molar-refractivity contribution is -0.143. The van der Waals surface area contributed by atoms with Crippen molar-refractivity contribution in [3.05, 3.63) is 0 Å². The Morgan fingerprint density at radius 3 is 2.29 bits per heavy atom. The Morgan fingerprint density at radius 1 is 1.12 bits per heavy atom. The molecule has 1 aliphatic heterocycles. The number of carbonyl (C=O) groups excluding carboxylic acids is 1. The number of amides is 1. The molecule has 1 fully saturated rings. The van der Waals surface area contributed by atoms with E-state index < -0.39 is 5.97 Å². The van der Waals surface area contributed by atoms with Crippen LogP contribution in [0.25, 0.3) is 0 Å². The standard InChI is InChI=1S/C12H22N2O3/c1-9(12(16)17)10(2)13-5-4-6-14(8-7-13)11(3)15/h9-10H,4-8H2,1-3H3,(H,16,17). The molecule has 2 unspecified atom stereocenters. The van der Waals surface area contributed by atoms with E-state index in [1.165, 1.54) is 0 Å². The van der Waals surface area contributed by atoms with Crippen molar-refractivity contribution in [2.75, 3.05) is 26.2 Å². The fourth-order valence-electron chi connectivity index (χ4n) is 2.18. The van der Waals surface area contributed by atoms with Crippen molar-refractivity contribution in [1.29, 1.82) is 0 Å². The molecule has 0 aromatic heterocycles. The predicted octanol–water partition coefficient (Wildman–Crippen LogP) is 0.650. The molecule has 0 bridgehead atoms. The number of carboxylic acids is 1. The molecule has 5 heteroatoms. The summed E-state index contributed by atoms with van der Waals surface area (Å²) in [6.07, 6.45) is 0.913. The van der Waals surface area contributed by atoms with Gasteiger partial charge in [-0.3, -0.25) is 14.5 Å². The first-order valence-electron chi connectivity index (χ1n) is 6.16. The molecule has 0 aromatic rings. The third-order valence-electron chi connectivity index (χ3n) is 3.66. The number of hydrogen-bond donors (Lipinski definition) is 1. The molecular formula is C12H22N2O3. The first-order chi connectivity index (χ1) is 7.93. The van der Waals surface area contributed by atoms with E-state index >= 15 is 0 Å². The monoisotopic (exact) mass is 242 g/mol. The average Bonchev–Trinajstić information content (AvgIpc) is 2.52. The molecule has 1 heterocycles. The molecule has 0 saturated carbocycles. The molecular weight excluding hydrogens is 220 g/mol. The van der Waals surface area contributed by atoms with Gasteiger partial charge in [0, 0.05) is 39.1 Å². The van der Waals surface area contributed by atoms with Crippen LogP contribution >= 0.6 is 0 Å². The normalized spacial score (nSPS) is 21.7. The van der Waals surface area contributed by atoms with Crippen LogP contribution in [0.3, 0.4) is 0 Å². The molecule has 1 saturated heterocycles. The van der Waals surface area contributed by atoms with Crippen molar-refractivity contribution in [3.63, 3.8) is 0 Å². The number of carboxylic acid groups (broad SMARTS) is 1. The highest BCUT2D eigenvalue weighted by Crippen LogP contribution is 2.14. The lowest BCUT2D eigenvalue weighted by Gasteiger charge is -2.30. The minimum Gasteiger partial charge on any atom is -0.481 e. The molecule has 0 radical (unpaired) electrons. The van der Waals surface area contributed by atoms with Crippen LogP contribution in [0.4, 0.5) is 0 Å². The minimum absolute atomic E-state index is 0.0133. The summed E-state index contributed by atoms with van der Waals surface area (Å²) >= 11 is 0. The summed E-state index contributed by atoms with van der Waals surface area (Å²) in [6.45, 7) is 8.37. The van der Waals surface area contributed by atoms with Crippen LogP contribution in [0, 0.1) is 5.92 Å². The maximum atomic E-state index is 11.3. The van der Waals surface area contributed by atoms with Gasteiger partial charge in [-0.25, -0.2) is 0 Å². The summed E-state index contributed by atoms with van der Waals surface area (Å²) in [6, 6.07) is 0.0133. The predicted molar refractivity (Wildman–Crippen MR) is 64.7 cm³/mol. The molecule has 1 rings (SSSR count). The van der Waals surface area contributed by atoms with Gasteiger partial charge in [0.2, 0.25) is 5.91 Å². The second-order valence-corrected chi connectivity index (χ2v) is 4.76. The topological polar surface area (TPSA) is 60.9 Å². The van der Waals surface area contributed by atoms with Gasteiger partial charge < -0.3 is 10.0 Å². The third-order valence-corrected chi connectivity index (χ3v) is 3.66. The second kappa shape index (κ2) is 6.00. The Bertz CT molecular complexity index is 293. The molecule has 5 nitrogen and oxygen atoms in total. The molecule has 98 valence electrons. The highest BCUT2D eigenvalue weighted by molar-refractivity contribution is 5.73. The van der Waals surface area contributed by atoms with Crippen LogP contribution in [0.2, 0.25) is 0 Å². The maximum Gasteiger partial charge on any atom is 0.307 e. The van der Waals surface area contributed by atoms with Gasteiger partial charge in [0.25, 0.3) is 0 Å². The van der Waals surface area contributed by atoms with E-state index in [2.05, 4.69) is 4.90 Å². The number of carbonyl (C=O) groups is 2. The SMILES string of the molecule is CC(=O)N1CCCN(C(C)C(C)C(=O)O)CC1. The zero-order valence-electron chi connectivity index (χ0n) is 10.8. The van der Waals surface area contributed by atoms with Gasteiger partial charge in [-0.1, -0.05) is 6.92 Å². The van der Waals surface area contributed by atoms with E-state index in [1.807, 2.05) is 11.8 Å². The number of nitrogens with zero attached hydrogens (tertiary/aromatic N) is 2. The molecule has 17 heavy (non-hydrogen) atoms. The summed E-state index contributed by atoms with van der Waals surface area (Å²) in [5, 5.41) is 9.00. The first kappa shape index (κ1) is 14.0. The second-order valence-electron chi connectivity index (χ2n) is 4.76. The summed E-state index contributed by atoms with van der Waals surface area (Å²) in [4.78, 5) is 26.2. The minimum atomic E-state index is -0.759. The van der Waals surface area contributed by atoms with E-state index in [4.69, 9.17) is 5.11 Å². The fraction of sp³-hybridized carbons (Fsp3) is 0.833. The molecule has 1 N–H and O–H groups in total. The summed E-state index contributed by atoms with van der Waals surface area (Å²) in [5.74, 6) is -1.03. The Labute approximate surface area is 102 Å². The Hall–Kier alpha value is -1.10. The quantitative estimate of drug-likeness (QED) is 0.789. The molecule has 1 aliphatic rings. The number of rotatable bonds is 3. The highest BCUT2D eigenvalue weighted by atomic mass is 16.4. The lowest BCUT2D eigenvalue weighted by atomic mass is 10.0. The van der Waals surface area contributed by atoms with Crippen LogP contribution < -0.4 is 0 Å². The number of aliphatic carboxylic acids is 1. The zero-order chi connectivity index (χ0) is 13.0. The van der Waals surface area contributed by atoms with Crippen molar-refractivity contribution in [2.24, 2.45) is 5.92 Å². The van der Waals surface area contributed by atoms with E-state index in [9.17, 15) is 9.59 Å². The molecule has 1 amide bonds. The van der Waals surface area contributed by atoms with E-state index in [0.717, 1.165) is 26.1 Å². The van der Waals surface area contributed by atoms with Crippen LogP contribution in [-0.4, -0.2) is 59.0 Å². The summed E-state index contributed by atoms with van der Waals surface area (Å²) in [7, 11) is 0. The van der Waals surface area contributed by atoms with Crippen molar-refractivity contribution < 1.29 is 14.7 Å². The largest absolute Gasteiger partial charge is 0.481 e. The Balaban J connectivity index is 2.56. The van der Waals surface area contributed by atoms with E-state index in [0.29, 0.717) is 6.54 Å². The van der Waals surface area contributed by atoms with Crippen LogP contribution in [-0.2, 0) is 9.59 Å². The van der Waals surface area contributed by atoms with Gasteiger partial charge in [-0.15, -0.1) is 0 Å². The lowest BCUT2D eigenvalue weighted by Crippen LogP contribution is -2.42. The molecule has 0 spiro atoms. The van der Waals surface area contributed by atoms with Crippen LogP contribution in [0.15, 0.2) is 0 Å². The van der Waals surface area contributed by atoms with Gasteiger partial charge >= 0.3 is 5.97 Å². The zero-order valence-corrected chi connectivity index (χ0v) is 10.8. The van der Waals surface area contributed by atoms with Gasteiger partial charge in [0.15, 0.2) is 0 Å². The van der Waals surface area contributed by atoms with Gasteiger partial charge in [-0.05, 0) is 13.3 Å². The highest BCUT2D eigenvalue weighted by Gasteiger charge is 2.27. The Kier molecular flexibility index (Phi) is 4.93. The van der Waals surface area contributed by atoms with Gasteiger partial charge in [0.05, 0.1) is 5.92 Å². The number of hydrogen-bond acceptors (Lipinski definition) is 3. The van der Waals surface area contributed by atoms with E-state index in [-0.39, 0.29) is 17.9 Å². The first-order valence-corrected chi connectivity index (χ1v) is 6.16. The summed E-state index contributed by atoms with van der Waals surface area (Å²) in [5.41, 5.74) is 0. The third kappa shape index (κ3) is 3.70. The van der Waals surface area contributed by atoms with Gasteiger partial charge in [-0.2, -0.15) is 0 Å². The van der Waals surface area contributed by atoms with E-state index in [1.54, 1.807) is 13.8 Å². The van der Waals surface area contributed by atoms with Gasteiger partial charge in [0.1, 0.15) is 0 Å². The summed E-state index contributed by atoms with van der Waals surface area (Å²) < 4.78 is 0. The Morgan fingerprint density at radius 2 is 1.76 bits per heavy atom.